The van der Waals surface area contributed by atoms with Crippen LogP contribution in [0.1, 0.15) is 42.5 Å². The third-order valence-corrected chi connectivity index (χ3v) is 5.72. The standard InChI is InChI=1S/C19H20N2O2S/c22-18(11-10-14-6-5-13-23-14)21-12-4-3-8-16(21)19-20-15-7-1-2-9-17(15)24-19/h1-2,5-7,9,13,16H,3-4,8,10-12H2. The van der Waals surface area contributed by atoms with Crippen molar-refractivity contribution in [1.29, 1.82) is 0 Å². The van der Waals surface area contributed by atoms with Gasteiger partial charge < -0.3 is 9.32 Å². The minimum atomic E-state index is 0.125. The highest BCUT2D eigenvalue weighted by Crippen LogP contribution is 2.36. The molecule has 0 saturated carbocycles. The minimum absolute atomic E-state index is 0.125. The molecule has 4 rings (SSSR count). The summed E-state index contributed by atoms with van der Waals surface area (Å²) in [6.45, 7) is 0.831. The van der Waals surface area contributed by atoms with Gasteiger partial charge in [-0.1, -0.05) is 12.1 Å². The maximum atomic E-state index is 12.8. The highest BCUT2D eigenvalue weighted by molar-refractivity contribution is 7.18. The van der Waals surface area contributed by atoms with Gasteiger partial charge in [-0.3, -0.25) is 4.79 Å². The zero-order valence-electron chi connectivity index (χ0n) is 13.5. The van der Waals surface area contributed by atoms with Crippen LogP contribution in [0.2, 0.25) is 0 Å². The molecule has 0 radical (unpaired) electrons. The SMILES string of the molecule is O=C(CCc1ccco1)N1CCCCC1c1nc2ccccc2s1. The quantitative estimate of drug-likeness (QED) is 0.698. The number of likely N-dealkylation sites (tertiary alicyclic amines) is 1. The number of hydrogen-bond acceptors (Lipinski definition) is 4. The number of benzene rings is 1. The number of carbonyl (C=O) groups is 1. The van der Waals surface area contributed by atoms with Crippen LogP contribution < -0.4 is 0 Å². The summed E-state index contributed by atoms with van der Waals surface area (Å²) >= 11 is 1.72. The number of hydrogen-bond donors (Lipinski definition) is 0. The topological polar surface area (TPSA) is 46.3 Å². The van der Waals surface area contributed by atoms with E-state index in [-0.39, 0.29) is 11.9 Å². The number of amides is 1. The molecule has 3 heterocycles. The minimum Gasteiger partial charge on any atom is -0.469 e. The molecule has 1 aliphatic rings. The summed E-state index contributed by atoms with van der Waals surface area (Å²) in [6.07, 6.45) is 6.05. The van der Waals surface area contributed by atoms with E-state index in [1.165, 1.54) is 4.70 Å². The predicted molar refractivity (Wildman–Crippen MR) is 95.0 cm³/mol. The van der Waals surface area contributed by atoms with Gasteiger partial charge in [0, 0.05) is 19.4 Å². The van der Waals surface area contributed by atoms with Crippen molar-refractivity contribution in [3.8, 4) is 0 Å². The Morgan fingerprint density at radius 1 is 1.25 bits per heavy atom. The van der Waals surface area contributed by atoms with Crippen molar-refractivity contribution in [2.75, 3.05) is 6.54 Å². The Morgan fingerprint density at radius 3 is 3.00 bits per heavy atom. The van der Waals surface area contributed by atoms with E-state index in [2.05, 4.69) is 6.07 Å². The molecule has 4 nitrogen and oxygen atoms in total. The lowest BCUT2D eigenvalue weighted by atomic mass is 10.0. The molecule has 0 N–H and O–H groups in total. The lowest BCUT2D eigenvalue weighted by molar-refractivity contribution is -0.135. The first-order valence-electron chi connectivity index (χ1n) is 8.48. The molecular formula is C19H20N2O2S. The Hall–Kier alpha value is -2.14. The van der Waals surface area contributed by atoms with Gasteiger partial charge in [-0.2, -0.15) is 0 Å². The number of para-hydroxylation sites is 1. The summed E-state index contributed by atoms with van der Waals surface area (Å²) in [6, 6.07) is 12.1. The first-order chi connectivity index (χ1) is 11.8. The van der Waals surface area contributed by atoms with E-state index in [9.17, 15) is 4.79 Å². The molecule has 1 aliphatic heterocycles. The molecule has 0 aliphatic carbocycles. The van der Waals surface area contributed by atoms with Gasteiger partial charge in [0.15, 0.2) is 0 Å². The highest BCUT2D eigenvalue weighted by Gasteiger charge is 2.30. The number of piperidine rings is 1. The average molecular weight is 340 g/mol. The molecule has 24 heavy (non-hydrogen) atoms. The normalized spacial score (nSPS) is 18.2. The first-order valence-corrected chi connectivity index (χ1v) is 9.30. The van der Waals surface area contributed by atoms with Gasteiger partial charge in [0.25, 0.3) is 0 Å². The molecule has 1 aromatic carbocycles. The van der Waals surface area contributed by atoms with E-state index in [1.807, 2.05) is 35.2 Å². The van der Waals surface area contributed by atoms with Crippen molar-refractivity contribution in [1.82, 2.24) is 9.88 Å². The maximum absolute atomic E-state index is 12.8. The van der Waals surface area contributed by atoms with Crippen LogP contribution in [-0.4, -0.2) is 22.3 Å². The van der Waals surface area contributed by atoms with Gasteiger partial charge in [-0.15, -0.1) is 11.3 Å². The van der Waals surface area contributed by atoms with E-state index < -0.39 is 0 Å². The van der Waals surface area contributed by atoms with E-state index in [0.717, 1.165) is 42.1 Å². The third kappa shape index (κ3) is 3.08. The molecule has 5 heteroatoms. The van der Waals surface area contributed by atoms with E-state index in [0.29, 0.717) is 12.8 Å². The summed E-state index contributed by atoms with van der Waals surface area (Å²) in [4.78, 5) is 19.6. The summed E-state index contributed by atoms with van der Waals surface area (Å²) in [5.41, 5.74) is 1.03. The number of furan rings is 1. The van der Waals surface area contributed by atoms with Crippen molar-refractivity contribution in [3.63, 3.8) is 0 Å². The molecule has 3 aromatic rings. The number of rotatable bonds is 4. The molecule has 1 unspecified atom stereocenters. The van der Waals surface area contributed by atoms with Crippen molar-refractivity contribution in [3.05, 3.63) is 53.4 Å². The molecule has 2 aromatic heterocycles. The molecule has 1 fully saturated rings. The third-order valence-electron chi connectivity index (χ3n) is 4.58. The fraction of sp³-hybridized carbons (Fsp3) is 0.368. The Balaban J connectivity index is 1.52. The van der Waals surface area contributed by atoms with Crippen LogP contribution in [0.5, 0.6) is 0 Å². The van der Waals surface area contributed by atoms with Crippen molar-refractivity contribution in [2.24, 2.45) is 0 Å². The zero-order valence-corrected chi connectivity index (χ0v) is 14.3. The van der Waals surface area contributed by atoms with Gasteiger partial charge in [-0.25, -0.2) is 4.98 Å². The maximum Gasteiger partial charge on any atom is 0.223 e. The predicted octanol–water partition coefficient (Wildman–Crippen LogP) is 4.58. The Kier molecular flexibility index (Phi) is 4.34. The summed E-state index contributed by atoms with van der Waals surface area (Å²) in [5, 5.41) is 1.07. The number of thiazole rings is 1. The molecule has 124 valence electrons. The monoisotopic (exact) mass is 340 g/mol. The van der Waals surface area contributed by atoms with Gasteiger partial charge in [0.2, 0.25) is 5.91 Å². The number of aryl methyl sites for hydroxylation is 1. The number of aromatic nitrogens is 1. The van der Waals surface area contributed by atoms with Gasteiger partial charge in [0.1, 0.15) is 10.8 Å². The zero-order chi connectivity index (χ0) is 16.4. The molecule has 1 amide bonds. The second-order valence-corrected chi connectivity index (χ2v) is 7.26. The Morgan fingerprint density at radius 2 is 2.17 bits per heavy atom. The van der Waals surface area contributed by atoms with Crippen molar-refractivity contribution in [2.45, 2.75) is 38.1 Å². The molecule has 1 saturated heterocycles. The van der Waals surface area contributed by atoms with Crippen LogP contribution in [-0.2, 0) is 11.2 Å². The fourth-order valence-electron chi connectivity index (χ4n) is 3.35. The number of nitrogens with zero attached hydrogens (tertiary/aromatic N) is 2. The lowest BCUT2D eigenvalue weighted by Gasteiger charge is -2.34. The number of fused-ring (bicyclic) bond motifs is 1. The van der Waals surface area contributed by atoms with Crippen LogP contribution >= 0.6 is 11.3 Å². The summed E-state index contributed by atoms with van der Waals surface area (Å²) in [5.74, 6) is 1.08. The second-order valence-electron chi connectivity index (χ2n) is 6.20. The molecule has 0 bridgehead atoms. The molecular weight excluding hydrogens is 320 g/mol. The van der Waals surface area contributed by atoms with E-state index in [1.54, 1.807) is 17.6 Å². The van der Waals surface area contributed by atoms with Crippen LogP contribution in [0.3, 0.4) is 0 Å². The summed E-state index contributed by atoms with van der Waals surface area (Å²) < 4.78 is 6.54. The van der Waals surface area contributed by atoms with Gasteiger partial charge >= 0.3 is 0 Å². The largest absolute Gasteiger partial charge is 0.469 e. The van der Waals surface area contributed by atoms with E-state index in [4.69, 9.17) is 9.40 Å². The van der Waals surface area contributed by atoms with Crippen LogP contribution in [0.4, 0.5) is 0 Å². The Labute approximate surface area is 145 Å². The highest BCUT2D eigenvalue weighted by atomic mass is 32.1. The van der Waals surface area contributed by atoms with Crippen molar-refractivity contribution < 1.29 is 9.21 Å². The van der Waals surface area contributed by atoms with Crippen LogP contribution in [0.25, 0.3) is 10.2 Å². The number of carbonyl (C=O) groups excluding carboxylic acids is 1. The average Bonchev–Trinajstić information content (AvgIpc) is 3.29. The fourth-order valence-corrected chi connectivity index (χ4v) is 4.46. The smallest absolute Gasteiger partial charge is 0.223 e. The lowest BCUT2D eigenvalue weighted by Crippen LogP contribution is -2.38. The molecule has 1 atom stereocenters. The van der Waals surface area contributed by atoms with Crippen molar-refractivity contribution >= 4 is 27.5 Å². The second kappa shape index (κ2) is 6.77. The van der Waals surface area contributed by atoms with E-state index >= 15 is 0 Å². The van der Waals surface area contributed by atoms with Crippen LogP contribution in [0, 0.1) is 0 Å². The Bertz CT molecular complexity index is 792. The molecule has 0 spiro atoms. The summed E-state index contributed by atoms with van der Waals surface area (Å²) in [7, 11) is 0. The van der Waals surface area contributed by atoms with Crippen LogP contribution in [0.15, 0.2) is 47.1 Å². The first kappa shape index (κ1) is 15.4. The van der Waals surface area contributed by atoms with Gasteiger partial charge in [-0.05, 0) is 43.5 Å². The van der Waals surface area contributed by atoms with Gasteiger partial charge in [0.05, 0.1) is 22.5 Å².